The standard InChI is InChI=1S/C16H23NO3/c18-14(11-17-7-9-19-10-8-17)12-20-16-6-2-4-13-3-1-5-15(13)16/h2,4,6,14,18H,1,3,5,7-12H2/t14-/m1/s1. The highest BCUT2D eigenvalue weighted by molar-refractivity contribution is 5.43. The number of fused-ring (bicyclic) bond motifs is 1. The van der Waals surface area contributed by atoms with Crippen molar-refractivity contribution in [2.24, 2.45) is 0 Å². The molecule has 2 aliphatic rings. The zero-order chi connectivity index (χ0) is 13.8. The molecule has 20 heavy (non-hydrogen) atoms. The second kappa shape index (κ2) is 6.57. The number of aliphatic hydroxyl groups is 1. The lowest BCUT2D eigenvalue weighted by molar-refractivity contribution is 0.00458. The Morgan fingerprint density at radius 1 is 1.25 bits per heavy atom. The van der Waals surface area contributed by atoms with Gasteiger partial charge >= 0.3 is 0 Å². The minimum atomic E-state index is -0.439. The van der Waals surface area contributed by atoms with E-state index < -0.39 is 6.10 Å². The number of morpholine rings is 1. The van der Waals surface area contributed by atoms with Gasteiger partial charge in [0.1, 0.15) is 18.5 Å². The van der Waals surface area contributed by atoms with Crippen LogP contribution in [-0.4, -0.2) is 55.6 Å². The molecule has 4 heteroatoms. The van der Waals surface area contributed by atoms with E-state index in [0.29, 0.717) is 13.2 Å². The topological polar surface area (TPSA) is 41.9 Å². The van der Waals surface area contributed by atoms with Gasteiger partial charge in [0, 0.05) is 19.6 Å². The van der Waals surface area contributed by atoms with Gasteiger partial charge in [0.05, 0.1) is 13.2 Å². The van der Waals surface area contributed by atoms with E-state index in [2.05, 4.69) is 11.0 Å². The van der Waals surface area contributed by atoms with Crippen molar-refractivity contribution in [1.29, 1.82) is 0 Å². The van der Waals surface area contributed by atoms with Crippen LogP contribution >= 0.6 is 0 Å². The molecule has 1 aromatic carbocycles. The fourth-order valence-electron chi connectivity index (χ4n) is 3.04. The SMILES string of the molecule is O[C@@H](COc1cccc2c1CCC2)CN1CCOCC1. The van der Waals surface area contributed by atoms with E-state index >= 15 is 0 Å². The fourth-order valence-corrected chi connectivity index (χ4v) is 3.04. The zero-order valence-corrected chi connectivity index (χ0v) is 11.9. The first-order chi connectivity index (χ1) is 9.83. The second-order valence-electron chi connectivity index (χ2n) is 5.63. The average Bonchev–Trinajstić information content (AvgIpc) is 2.95. The number of benzene rings is 1. The van der Waals surface area contributed by atoms with Crippen LogP contribution in [-0.2, 0) is 17.6 Å². The Kier molecular flexibility index (Phi) is 4.55. The largest absolute Gasteiger partial charge is 0.491 e. The number of nitrogens with zero attached hydrogens (tertiary/aromatic N) is 1. The fraction of sp³-hybridized carbons (Fsp3) is 0.625. The minimum absolute atomic E-state index is 0.369. The number of aryl methyl sites for hydroxylation is 1. The van der Waals surface area contributed by atoms with Crippen molar-refractivity contribution in [2.45, 2.75) is 25.4 Å². The van der Waals surface area contributed by atoms with Crippen LogP contribution in [0.5, 0.6) is 5.75 Å². The predicted molar refractivity (Wildman–Crippen MR) is 77.2 cm³/mol. The molecule has 110 valence electrons. The molecule has 0 spiro atoms. The molecule has 1 aliphatic carbocycles. The molecule has 0 radical (unpaired) electrons. The molecule has 0 aromatic heterocycles. The van der Waals surface area contributed by atoms with Crippen LogP contribution in [0.1, 0.15) is 17.5 Å². The summed E-state index contributed by atoms with van der Waals surface area (Å²) in [4.78, 5) is 2.23. The van der Waals surface area contributed by atoms with Gasteiger partial charge in [0.25, 0.3) is 0 Å². The molecular weight excluding hydrogens is 254 g/mol. The van der Waals surface area contributed by atoms with E-state index in [1.54, 1.807) is 0 Å². The summed E-state index contributed by atoms with van der Waals surface area (Å²) in [6.45, 7) is 4.36. The first-order valence-corrected chi connectivity index (χ1v) is 7.54. The van der Waals surface area contributed by atoms with Gasteiger partial charge in [-0.3, -0.25) is 4.90 Å². The maximum atomic E-state index is 10.1. The van der Waals surface area contributed by atoms with Gasteiger partial charge in [-0.25, -0.2) is 0 Å². The maximum absolute atomic E-state index is 10.1. The summed E-state index contributed by atoms with van der Waals surface area (Å²) in [5.41, 5.74) is 2.75. The predicted octanol–water partition coefficient (Wildman–Crippen LogP) is 1.25. The lowest BCUT2D eigenvalue weighted by Crippen LogP contribution is -2.42. The minimum Gasteiger partial charge on any atom is -0.491 e. The van der Waals surface area contributed by atoms with Crippen LogP contribution in [0.3, 0.4) is 0 Å². The summed E-state index contributed by atoms with van der Waals surface area (Å²) in [5.74, 6) is 0.959. The summed E-state index contributed by atoms with van der Waals surface area (Å²) < 4.78 is 11.2. The van der Waals surface area contributed by atoms with Gasteiger partial charge < -0.3 is 14.6 Å². The third-order valence-electron chi connectivity index (χ3n) is 4.11. The Morgan fingerprint density at radius 3 is 2.95 bits per heavy atom. The number of ether oxygens (including phenoxy) is 2. The van der Waals surface area contributed by atoms with Gasteiger partial charge in [-0.05, 0) is 36.5 Å². The van der Waals surface area contributed by atoms with Crippen molar-refractivity contribution in [1.82, 2.24) is 4.90 Å². The van der Waals surface area contributed by atoms with Crippen LogP contribution in [0, 0.1) is 0 Å². The Hall–Kier alpha value is -1.10. The summed E-state index contributed by atoms with van der Waals surface area (Å²) in [5, 5.41) is 10.1. The van der Waals surface area contributed by atoms with Crippen molar-refractivity contribution in [3.05, 3.63) is 29.3 Å². The van der Waals surface area contributed by atoms with Crippen molar-refractivity contribution >= 4 is 0 Å². The molecule has 3 rings (SSSR count). The zero-order valence-electron chi connectivity index (χ0n) is 11.9. The van der Waals surface area contributed by atoms with E-state index in [0.717, 1.165) is 44.9 Å². The molecule has 1 N–H and O–H groups in total. The Morgan fingerprint density at radius 2 is 2.10 bits per heavy atom. The maximum Gasteiger partial charge on any atom is 0.122 e. The normalized spacial score (nSPS) is 20.6. The van der Waals surface area contributed by atoms with Crippen molar-refractivity contribution < 1.29 is 14.6 Å². The first kappa shape index (κ1) is 13.9. The molecule has 0 saturated carbocycles. The van der Waals surface area contributed by atoms with Crippen LogP contribution in [0.15, 0.2) is 18.2 Å². The first-order valence-electron chi connectivity index (χ1n) is 7.54. The Balaban J connectivity index is 1.50. The van der Waals surface area contributed by atoms with Gasteiger partial charge in [-0.1, -0.05) is 12.1 Å². The van der Waals surface area contributed by atoms with Crippen molar-refractivity contribution in [3.8, 4) is 5.75 Å². The van der Waals surface area contributed by atoms with Crippen LogP contribution < -0.4 is 4.74 Å². The molecule has 4 nitrogen and oxygen atoms in total. The number of β-amino-alcohol motifs (C(OH)–C–C–N with tert-alkyl or cyclic N) is 1. The monoisotopic (exact) mass is 277 g/mol. The Labute approximate surface area is 120 Å². The summed E-state index contributed by atoms with van der Waals surface area (Å²) in [6, 6.07) is 6.25. The average molecular weight is 277 g/mol. The van der Waals surface area contributed by atoms with E-state index in [-0.39, 0.29) is 0 Å². The smallest absolute Gasteiger partial charge is 0.122 e. The number of hydrogen-bond acceptors (Lipinski definition) is 4. The molecule has 0 amide bonds. The highest BCUT2D eigenvalue weighted by Gasteiger charge is 2.18. The highest BCUT2D eigenvalue weighted by Crippen LogP contribution is 2.30. The molecule has 0 bridgehead atoms. The van der Waals surface area contributed by atoms with Crippen molar-refractivity contribution in [2.75, 3.05) is 39.5 Å². The molecule has 1 aromatic rings. The highest BCUT2D eigenvalue weighted by atomic mass is 16.5. The molecule has 1 atom stereocenters. The van der Waals surface area contributed by atoms with Crippen molar-refractivity contribution in [3.63, 3.8) is 0 Å². The third-order valence-corrected chi connectivity index (χ3v) is 4.11. The summed E-state index contributed by atoms with van der Waals surface area (Å²) >= 11 is 0. The van der Waals surface area contributed by atoms with Gasteiger partial charge in [-0.2, -0.15) is 0 Å². The van der Waals surface area contributed by atoms with E-state index in [4.69, 9.17) is 9.47 Å². The van der Waals surface area contributed by atoms with Gasteiger partial charge in [0.15, 0.2) is 0 Å². The molecule has 1 heterocycles. The van der Waals surface area contributed by atoms with Gasteiger partial charge in [0.2, 0.25) is 0 Å². The molecule has 0 unspecified atom stereocenters. The van der Waals surface area contributed by atoms with Crippen LogP contribution in [0.4, 0.5) is 0 Å². The van der Waals surface area contributed by atoms with Crippen LogP contribution in [0.2, 0.25) is 0 Å². The molecule has 1 aliphatic heterocycles. The number of aliphatic hydroxyl groups excluding tert-OH is 1. The number of hydrogen-bond donors (Lipinski definition) is 1. The second-order valence-corrected chi connectivity index (χ2v) is 5.63. The van der Waals surface area contributed by atoms with E-state index in [1.807, 2.05) is 12.1 Å². The summed E-state index contributed by atoms with van der Waals surface area (Å²) in [7, 11) is 0. The molecule has 1 saturated heterocycles. The lowest BCUT2D eigenvalue weighted by atomic mass is 10.1. The van der Waals surface area contributed by atoms with Gasteiger partial charge in [-0.15, -0.1) is 0 Å². The third kappa shape index (κ3) is 3.32. The van der Waals surface area contributed by atoms with E-state index in [9.17, 15) is 5.11 Å². The Bertz CT molecular complexity index is 443. The quantitative estimate of drug-likeness (QED) is 0.879. The lowest BCUT2D eigenvalue weighted by Gasteiger charge is -2.28. The molecule has 1 fully saturated rings. The van der Waals surface area contributed by atoms with E-state index in [1.165, 1.54) is 17.5 Å². The molecular formula is C16H23NO3. The van der Waals surface area contributed by atoms with Crippen LogP contribution in [0.25, 0.3) is 0 Å². The number of rotatable bonds is 5. The summed E-state index contributed by atoms with van der Waals surface area (Å²) in [6.07, 6.45) is 3.03.